The molecule has 0 heterocycles. The summed E-state index contributed by atoms with van der Waals surface area (Å²) in [6, 6.07) is 1.67. The number of carbonyl (C=O) groups is 1. The highest BCUT2D eigenvalue weighted by Gasteiger charge is 2.17. The van der Waals surface area contributed by atoms with E-state index in [4.69, 9.17) is 5.11 Å². The first-order valence-electron chi connectivity index (χ1n) is 5.91. The van der Waals surface area contributed by atoms with E-state index in [1.165, 1.54) is 4.90 Å². The molecule has 1 N–H and O–H groups in total. The maximum atomic E-state index is 13.8. The number of benzene rings is 1. The Morgan fingerprint density at radius 3 is 2.11 bits per heavy atom. The number of carboxylic acid groups (broad SMARTS) is 1. The molecule has 0 radical (unpaired) electrons. The molecule has 0 aromatic heterocycles. The maximum Gasteiger partial charge on any atom is 0.335 e. The highest BCUT2D eigenvalue weighted by Crippen LogP contribution is 2.24. The van der Waals surface area contributed by atoms with Gasteiger partial charge in [-0.15, -0.1) is 0 Å². The number of aromatic carboxylic acids is 1. The third kappa shape index (κ3) is 4.17. The van der Waals surface area contributed by atoms with Gasteiger partial charge in [0.2, 0.25) is 0 Å². The first kappa shape index (κ1) is 15.4. The molecule has 106 valence electrons. The summed E-state index contributed by atoms with van der Waals surface area (Å²) in [5.74, 6) is -3.06. The van der Waals surface area contributed by atoms with Gasteiger partial charge in [0.05, 0.1) is 5.56 Å². The second-order valence-corrected chi connectivity index (χ2v) is 4.67. The number of carboxylic acids is 1. The minimum Gasteiger partial charge on any atom is -0.478 e. The molecular formula is C13H18F2N2O2. The fourth-order valence-corrected chi connectivity index (χ4v) is 1.79. The molecule has 0 atom stereocenters. The van der Waals surface area contributed by atoms with Gasteiger partial charge in [-0.3, -0.25) is 0 Å². The van der Waals surface area contributed by atoms with E-state index in [1.807, 2.05) is 19.0 Å². The van der Waals surface area contributed by atoms with E-state index >= 15 is 0 Å². The number of rotatable bonds is 6. The summed E-state index contributed by atoms with van der Waals surface area (Å²) in [5, 5.41) is 8.71. The summed E-state index contributed by atoms with van der Waals surface area (Å²) in [7, 11) is 5.42. The van der Waals surface area contributed by atoms with Crippen LogP contribution >= 0.6 is 0 Å². The van der Waals surface area contributed by atoms with Crippen molar-refractivity contribution in [2.75, 3.05) is 39.1 Å². The summed E-state index contributed by atoms with van der Waals surface area (Å²) in [6.07, 6.45) is 0.753. The standard InChI is InChI=1S/C13H18F2N2O2/c1-16(2)5-4-6-17(3)12-10(14)7-9(13(18)19)8-11(12)15/h7-8H,4-6H2,1-3H3,(H,18,19). The zero-order valence-corrected chi connectivity index (χ0v) is 11.3. The molecule has 4 nitrogen and oxygen atoms in total. The lowest BCUT2D eigenvalue weighted by atomic mass is 10.1. The van der Waals surface area contributed by atoms with Crippen molar-refractivity contribution in [3.8, 4) is 0 Å². The molecule has 0 amide bonds. The van der Waals surface area contributed by atoms with Crippen LogP contribution in [0.15, 0.2) is 12.1 Å². The van der Waals surface area contributed by atoms with E-state index in [0.29, 0.717) is 6.54 Å². The van der Waals surface area contributed by atoms with Crippen LogP contribution < -0.4 is 4.90 Å². The number of halogens is 2. The summed E-state index contributed by atoms with van der Waals surface area (Å²) in [6.45, 7) is 1.29. The zero-order valence-electron chi connectivity index (χ0n) is 11.3. The van der Waals surface area contributed by atoms with Crippen LogP contribution in [0.5, 0.6) is 0 Å². The molecule has 0 unspecified atom stereocenters. The van der Waals surface area contributed by atoms with Crippen molar-refractivity contribution in [1.82, 2.24) is 4.90 Å². The van der Waals surface area contributed by atoms with Crippen LogP contribution in [0.3, 0.4) is 0 Å². The van der Waals surface area contributed by atoms with Crippen LogP contribution in [0.4, 0.5) is 14.5 Å². The van der Waals surface area contributed by atoms with Crippen LogP contribution in [-0.2, 0) is 0 Å². The number of hydrogen-bond donors (Lipinski definition) is 1. The Labute approximate surface area is 111 Å². The SMILES string of the molecule is CN(C)CCCN(C)c1c(F)cc(C(=O)O)cc1F. The molecule has 0 bridgehead atoms. The molecule has 6 heteroatoms. The lowest BCUT2D eigenvalue weighted by Gasteiger charge is -2.21. The topological polar surface area (TPSA) is 43.8 Å². The Kier molecular flexibility index (Phi) is 5.23. The Morgan fingerprint density at radius 1 is 1.16 bits per heavy atom. The molecule has 19 heavy (non-hydrogen) atoms. The van der Waals surface area contributed by atoms with Gasteiger partial charge in [0.15, 0.2) is 0 Å². The molecule has 0 saturated carbocycles. The van der Waals surface area contributed by atoms with E-state index in [1.54, 1.807) is 7.05 Å². The largest absolute Gasteiger partial charge is 0.478 e. The van der Waals surface area contributed by atoms with Crippen molar-refractivity contribution in [3.63, 3.8) is 0 Å². The summed E-state index contributed by atoms with van der Waals surface area (Å²) in [4.78, 5) is 14.1. The zero-order chi connectivity index (χ0) is 14.6. The molecule has 0 aliphatic rings. The fraction of sp³-hybridized carbons (Fsp3) is 0.462. The second kappa shape index (κ2) is 6.47. The summed E-state index contributed by atoms with van der Waals surface area (Å²) >= 11 is 0. The van der Waals surface area contributed by atoms with E-state index in [-0.39, 0.29) is 11.3 Å². The van der Waals surface area contributed by atoms with Crippen molar-refractivity contribution in [2.24, 2.45) is 0 Å². The van der Waals surface area contributed by atoms with Gasteiger partial charge in [-0.1, -0.05) is 0 Å². The third-order valence-corrected chi connectivity index (χ3v) is 2.74. The Hall–Kier alpha value is -1.69. The van der Waals surface area contributed by atoms with E-state index < -0.39 is 17.6 Å². The summed E-state index contributed by atoms with van der Waals surface area (Å²) < 4.78 is 27.5. The lowest BCUT2D eigenvalue weighted by Crippen LogP contribution is -2.25. The first-order chi connectivity index (χ1) is 8.82. The lowest BCUT2D eigenvalue weighted by molar-refractivity contribution is 0.0695. The minimum absolute atomic E-state index is 0.191. The molecule has 0 fully saturated rings. The average Bonchev–Trinajstić information content (AvgIpc) is 2.27. The predicted octanol–water partition coefficient (Wildman–Crippen LogP) is 2.05. The average molecular weight is 272 g/mol. The van der Waals surface area contributed by atoms with Crippen LogP contribution in [0.2, 0.25) is 0 Å². The molecular weight excluding hydrogens is 254 g/mol. The Morgan fingerprint density at radius 2 is 1.68 bits per heavy atom. The molecule has 1 rings (SSSR count). The van der Waals surface area contributed by atoms with Gasteiger partial charge in [-0.25, -0.2) is 13.6 Å². The minimum atomic E-state index is -1.35. The normalized spacial score (nSPS) is 10.8. The smallest absolute Gasteiger partial charge is 0.335 e. The van der Waals surface area contributed by atoms with Gasteiger partial charge >= 0.3 is 5.97 Å². The molecule has 0 spiro atoms. The fourth-order valence-electron chi connectivity index (χ4n) is 1.79. The van der Waals surface area contributed by atoms with Crippen LogP contribution in [0, 0.1) is 11.6 Å². The van der Waals surface area contributed by atoms with Crippen LogP contribution in [-0.4, -0.2) is 50.2 Å². The van der Waals surface area contributed by atoms with Crippen LogP contribution in [0.25, 0.3) is 0 Å². The van der Waals surface area contributed by atoms with Gasteiger partial charge in [0.1, 0.15) is 17.3 Å². The first-order valence-corrected chi connectivity index (χ1v) is 5.91. The molecule has 0 saturated heterocycles. The number of hydrogen-bond acceptors (Lipinski definition) is 3. The van der Waals surface area contributed by atoms with Gasteiger partial charge in [0.25, 0.3) is 0 Å². The number of nitrogens with zero attached hydrogens (tertiary/aromatic N) is 2. The van der Waals surface area contributed by atoms with Gasteiger partial charge in [-0.05, 0) is 39.2 Å². The van der Waals surface area contributed by atoms with E-state index in [0.717, 1.165) is 25.1 Å². The quantitative estimate of drug-likeness (QED) is 0.860. The van der Waals surface area contributed by atoms with Crippen molar-refractivity contribution >= 4 is 11.7 Å². The molecule has 1 aromatic rings. The molecule has 0 aliphatic heterocycles. The van der Waals surface area contributed by atoms with E-state index in [9.17, 15) is 13.6 Å². The molecule has 1 aromatic carbocycles. The Balaban J connectivity index is 2.85. The second-order valence-electron chi connectivity index (χ2n) is 4.67. The Bertz CT molecular complexity index is 441. The van der Waals surface area contributed by atoms with Gasteiger partial charge in [0, 0.05) is 13.6 Å². The number of anilines is 1. The van der Waals surface area contributed by atoms with Crippen molar-refractivity contribution in [3.05, 3.63) is 29.3 Å². The highest BCUT2D eigenvalue weighted by atomic mass is 19.1. The molecule has 0 aliphatic carbocycles. The van der Waals surface area contributed by atoms with Crippen molar-refractivity contribution in [1.29, 1.82) is 0 Å². The monoisotopic (exact) mass is 272 g/mol. The van der Waals surface area contributed by atoms with Crippen LogP contribution in [0.1, 0.15) is 16.8 Å². The summed E-state index contributed by atoms with van der Waals surface area (Å²) in [5.41, 5.74) is -0.579. The predicted molar refractivity (Wildman–Crippen MR) is 69.8 cm³/mol. The van der Waals surface area contributed by atoms with Crippen molar-refractivity contribution in [2.45, 2.75) is 6.42 Å². The van der Waals surface area contributed by atoms with Gasteiger partial charge in [-0.2, -0.15) is 0 Å². The maximum absolute atomic E-state index is 13.8. The van der Waals surface area contributed by atoms with E-state index in [2.05, 4.69) is 0 Å². The third-order valence-electron chi connectivity index (χ3n) is 2.74. The van der Waals surface area contributed by atoms with Gasteiger partial charge < -0.3 is 14.9 Å². The highest BCUT2D eigenvalue weighted by molar-refractivity contribution is 5.88. The van der Waals surface area contributed by atoms with Crippen molar-refractivity contribution < 1.29 is 18.7 Å².